The number of hydrogen-bond acceptors (Lipinski definition) is 14. The first-order valence-corrected chi connectivity index (χ1v) is 11.2. The van der Waals surface area contributed by atoms with Gasteiger partial charge in [0.1, 0.15) is 12.6 Å². The maximum Gasteiger partial charge on any atom is 0.519 e. The molecule has 1 atom stereocenters. The average Bonchev–Trinajstić information content (AvgIpc) is 3.12. The van der Waals surface area contributed by atoms with E-state index in [0.717, 1.165) is 6.92 Å². The number of aryl methyl sites for hydroxylation is 1. The zero-order chi connectivity index (χ0) is 24.9. The third-order valence-corrected chi connectivity index (χ3v) is 5.16. The van der Waals surface area contributed by atoms with E-state index in [1.165, 1.54) is 6.92 Å². The van der Waals surface area contributed by atoms with Crippen LogP contribution in [0, 0.1) is 6.92 Å². The van der Waals surface area contributed by atoms with Gasteiger partial charge in [0, 0.05) is 32.3 Å². The summed E-state index contributed by atoms with van der Waals surface area (Å²) in [7, 11) is 0. The lowest BCUT2D eigenvalue weighted by atomic mass is 10.3. The highest BCUT2D eigenvalue weighted by molar-refractivity contribution is 8.13. The second kappa shape index (κ2) is 14.3. The first kappa shape index (κ1) is 27.2. The molecule has 0 spiro atoms. The largest absolute Gasteiger partial charge is 0.519 e. The molecule has 14 nitrogen and oxygen atoms in total. The molecular weight excluding hydrogens is 480 g/mol. The van der Waals surface area contributed by atoms with Gasteiger partial charge in [0.2, 0.25) is 6.79 Å². The fraction of sp³-hybridized carbons (Fsp3) is 0.632. The van der Waals surface area contributed by atoms with Gasteiger partial charge in [0.05, 0.1) is 13.2 Å². The van der Waals surface area contributed by atoms with Crippen LogP contribution in [0.15, 0.2) is 13.6 Å². The highest BCUT2D eigenvalue weighted by Crippen LogP contribution is 2.13. The molecule has 1 amide bonds. The van der Waals surface area contributed by atoms with Crippen molar-refractivity contribution in [3.63, 3.8) is 0 Å². The number of amides is 1. The summed E-state index contributed by atoms with van der Waals surface area (Å²) < 4.78 is 34.0. The van der Waals surface area contributed by atoms with Gasteiger partial charge < -0.3 is 37.8 Å². The lowest BCUT2D eigenvalue weighted by Gasteiger charge is -2.26. The van der Waals surface area contributed by atoms with E-state index in [2.05, 4.69) is 24.1 Å². The number of carbonyl (C=O) groups excluding carboxylic acids is 4. The van der Waals surface area contributed by atoms with Gasteiger partial charge in [0.15, 0.2) is 18.1 Å². The number of nitrogens with one attached hydrogen (secondary N) is 1. The van der Waals surface area contributed by atoms with Crippen molar-refractivity contribution in [2.75, 3.05) is 52.0 Å². The molecule has 1 aliphatic rings. The summed E-state index contributed by atoms with van der Waals surface area (Å²) in [6.07, 6.45) is -1.05. The summed E-state index contributed by atoms with van der Waals surface area (Å²) in [5.74, 6) is -2.41. The number of ether oxygens (including phenoxy) is 5. The number of carbonyl (C=O) groups is 4. The maximum absolute atomic E-state index is 12.5. The van der Waals surface area contributed by atoms with Crippen LogP contribution in [-0.4, -0.2) is 86.3 Å². The van der Waals surface area contributed by atoms with Crippen LogP contribution in [0.3, 0.4) is 0 Å². The van der Waals surface area contributed by atoms with Crippen molar-refractivity contribution in [3.8, 4) is 0 Å². The molecule has 2 heterocycles. The third kappa shape index (κ3) is 10.3. The molecule has 0 aliphatic carbocycles. The molecule has 15 heteroatoms. The predicted octanol–water partition coefficient (Wildman–Crippen LogP) is 0.402. The molecule has 1 saturated heterocycles. The molecule has 1 fully saturated rings. The first-order chi connectivity index (χ1) is 16.2. The Morgan fingerprint density at radius 3 is 2.47 bits per heavy atom. The summed E-state index contributed by atoms with van der Waals surface area (Å²) in [4.78, 5) is 60.3. The molecule has 0 unspecified atom stereocenters. The van der Waals surface area contributed by atoms with Crippen molar-refractivity contribution in [3.05, 3.63) is 22.1 Å². The van der Waals surface area contributed by atoms with Crippen molar-refractivity contribution in [2.24, 2.45) is 0 Å². The lowest BCUT2D eigenvalue weighted by molar-refractivity contribution is -0.150. The Hall–Kier alpha value is -3.04. The second-order valence-electron chi connectivity index (χ2n) is 6.79. The molecule has 1 N–H and O–H groups in total. The lowest BCUT2D eigenvalue weighted by Crippen LogP contribution is -2.45. The standard InChI is InChI=1S/C19H26N2O12S/c1-12-15(33-18(25)32-12)9-29-19(26)34-10-14(20-17(24)31-11-30-13(2)22)16(23)28-8-5-21-3-6-27-7-4-21/h14H,3-11H2,1-2H3,(H,20,24)/t14-/m0/s1. The normalized spacial score (nSPS) is 14.6. The minimum Gasteiger partial charge on any atom is -0.463 e. The van der Waals surface area contributed by atoms with Gasteiger partial charge in [-0.2, -0.15) is 0 Å². The number of alkyl carbamates (subject to hydrolysis) is 1. The fourth-order valence-corrected chi connectivity index (χ4v) is 3.21. The van der Waals surface area contributed by atoms with E-state index in [1.54, 1.807) is 0 Å². The quantitative estimate of drug-likeness (QED) is 0.248. The molecule has 0 bridgehead atoms. The smallest absolute Gasteiger partial charge is 0.463 e. The Morgan fingerprint density at radius 2 is 1.82 bits per heavy atom. The summed E-state index contributed by atoms with van der Waals surface area (Å²) in [5, 5.41) is 1.46. The van der Waals surface area contributed by atoms with Gasteiger partial charge in [-0.1, -0.05) is 0 Å². The molecule has 1 aliphatic heterocycles. The zero-order valence-corrected chi connectivity index (χ0v) is 19.5. The zero-order valence-electron chi connectivity index (χ0n) is 18.7. The van der Waals surface area contributed by atoms with Crippen LogP contribution < -0.4 is 11.1 Å². The Morgan fingerprint density at radius 1 is 1.09 bits per heavy atom. The predicted molar refractivity (Wildman–Crippen MR) is 113 cm³/mol. The average molecular weight is 506 g/mol. The van der Waals surface area contributed by atoms with Crippen LogP contribution >= 0.6 is 11.8 Å². The van der Waals surface area contributed by atoms with Gasteiger partial charge in [-0.25, -0.2) is 19.2 Å². The summed E-state index contributed by atoms with van der Waals surface area (Å²) in [6.45, 7) is 4.74. The summed E-state index contributed by atoms with van der Waals surface area (Å²) in [6, 6.07) is -1.26. The van der Waals surface area contributed by atoms with Crippen molar-refractivity contribution < 1.29 is 51.7 Å². The number of thioether (sulfide) groups is 1. The van der Waals surface area contributed by atoms with Crippen LogP contribution in [0.5, 0.6) is 0 Å². The minimum atomic E-state index is -1.26. The molecule has 1 aromatic heterocycles. The van der Waals surface area contributed by atoms with Gasteiger partial charge in [-0.3, -0.25) is 9.69 Å². The van der Waals surface area contributed by atoms with E-state index >= 15 is 0 Å². The number of hydrogen-bond donors (Lipinski definition) is 1. The molecule has 2 rings (SSSR count). The Balaban J connectivity index is 1.83. The van der Waals surface area contributed by atoms with E-state index in [-0.39, 0.29) is 30.5 Å². The van der Waals surface area contributed by atoms with Crippen LogP contribution in [0.2, 0.25) is 0 Å². The number of esters is 2. The topological polar surface area (TPSA) is 173 Å². The first-order valence-electron chi connectivity index (χ1n) is 10.2. The van der Waals surface area contributed by atoms with Crippen molar-refractivity contribution in [2.45, 2.75) is 26.5 Å². The number of rotatable bonds is 11. The van der Waals surface area contributed by atoms with E-state index < -0.39 is 42.0 Å². The van der Waals surface area contributed by atoms with Crippen molar-refractivity contribution in [1.29, 1.82) is 0 Å². The minimum absolute atomic E-state index is 0.0465. The summed E-state index contributed by atoms with van der Waals surface area (Å²) >= 11 is 0.582. The summed E-state index contributed by atoms with van der Waals surface area (Å²) in [5.41, 5.74) is 0. The van der Waals surface area contributed by atoms with Crippen LogP contribution in [-0.2, 0) is 39.9 Å². The van der Waals surface area contributed by atoms with Gasteiger partial charge in [-0.05, 0) is 18.7 Å². The van der Waals surface area contributed by atoms with Crippen molar-refractivity contribution >= 4 is 35.1 Å². The highest BCUT2D eigenvalue weighted by atomic mass is 32.2. The number of morpholine rings is 1. The van der Waals surface area contributed by atoms with E-state index in [0.29, 0.717) is 44.6 Å². The Bertz CT molecular complexity index is 892. The molecule has 0 saturated carbocycles. The molecular formula is C19H26N2O12S. The van der Waals surface area contributed by atoms with E-state index in [9.17, 15) is 24.0 Å². The molecule has 1 aromatic rings. The van der Waals surface area contributed by atoms with Crippen molar-refractivity contribution in [1.82, 2.24) is 10.2 Å². The second-order valence-corrected chi connectivity index (χ2v) is 7.74. The molecule has 190 valence electrons. The molecule has 0 radical (unpaired) electrons. The van der Waals surface area contributed by atoms with E-state index in [4.69, 9.17) is 18.6 Å². The van der Waals surface area contributed by atoms with Gasteiger partial charge in [0.25, 0.3) is 0 Å². The highest BCUT2D eigenvalue weighted by Gasteiger charge is 2.26. The van der Waals surface area contributed by atoms with Gasteiger partial charge in [-0.15, -0.1) is 0 Å². The Labute approximate surface area is 198 Å². The van der Waals surface area contributed by atoms with Crippen LogP contribution in [0.25, 0.3) is 0 Å². The van der Waals surface area contributed by atoms with Crippen LogP contribution in [0.1, 0.15) is 18.4 Å². The maximum atomic E-state index is 12.5. The van der Waals surface area contributed by atoms with E-state index in [1.807, 2.05) is 0 Å². The fourth-order valence-electron chi connectivity index (χ4n) is 2.54. The SMILES string of the molecule is CC(=O)OCOC(=O)N[C@@H](CSC(=O)OCc1oc(=O)oc1C)C(=O)OCCN1CCOCC1. The molecule has 0 aromatic carbocycles. The monoisotopic (exact) mass is 506 g/mol. The number of nitrogens with zero attached hydrogens (tertiary/aromatic N) is 1. The van der Waals surface area contributed by atoms with Crippen LogP contribution in [0.4, 0.5) is 9.59 Å². The third-order valence-electron chi connectivity index (χ3n) is 4.31. The van der Waals surface area contributed by atoms with Gasteiger partial charge >= 0.3 is 29.2 Å². The molecule has 34 heavy (non-hydrogen) atoms. The Kier molecular flexibility index (Phi) is 11.4.